The summed E-state index contributed by atoms with van der Waals surface area (Å²) in [7, 11) is -0.503. The molecular formula is C79H110B2Br2N4O4S2. The van der Waals surface area contributed by atoms with Gasteiger partial charge in [0.05, 0.1) is 23.5 Å². The first-order valence-corrected chi connectivity index (χ1v) is 38.2. The first-order chi connectivity index (χ1) is 44.3. The molecule has 0 spiro atoms. The minimum absolute atomic E-state index is 0. The van der Waals surface area contributed by atoms with Crippen LogP contribution in [0.3, 0.4) is 0 Å². The number of hydrogen-bond donors (Lipinski definition) is 0. The Bertz CT molecular complexity index is 3360. The quantitative estimate of drug-likeness (QED) is 0.0314. The Morgan fingerprint density at radius 3 is 1.19 bits per heavy atom. The first kappa shape index (κ1) is 76.3. The zero-order valence-electron chi connectivity index (χ0n) is 54.6. The maximum absolute atomic E-state index is 6.08. The smallest absolute Gasteiger partial charge is 0.407 e. The molecular weight excluding hydrogens is 1310 g/mol. The number of aromatic nitrogens is 4. The number of hydrogen-bond acceptors (Lipinski definition) is 10. The van der Waals surface area contributed by atoms with E-state index < -0.39 is 0 Å². The van der Waals surface area contributed by atoms with Gasteiger partial charge in [-0.25, -0.2) is 0 Å². The predicted molar refractivity (Wildman–Crippen MR) is 411 cm³/mol. The molecule has 2 aromatic heterocycles. The van der Waals surface area contributed by atoms with Crippen LogP contribution in [0.5, 0.6) is 0 Å². The number of rotatable bonds is 31. The molecule has 8 aromatic rings. The Morgan fingerprint density at radius 2 is 0.731 bits per heavy atom. The lowest BCUT2D eigenvalue weighted by atomic mass is 9.67. The molecule has 12 rings (SSSR count). The van der Waals surface area contributed by atoms with Gasteiger partial charge in [-0.15, -0.1) is 0 Å². The third-order valence-electron chi connectivity index (χ3n) is 19.6. The first-order valence-electron chi connectivity index (χ1n) is 35.1. The number of nitrogens with zero attached hydrogens (tertiary/aromatic N) is 4. The Balaban J connectivity index is 0.000000220. The molecule has 4 heterocycles. The molecule has 6 aromatic carbocycles. The van der Waals surface area contributed by atoms with Gasteiger partial charge in [0.1, 0.15) is 22.1 Å². The van der Waals surface area contributed by atoms with Crippen molar-refractivity contribution in [2.45, 2.75) is 253 Å². The fraction of sp³-hybridized carbons (Fsp3) is 0.544. The van der Waals surface area contributed by atoms with E-state index in [1.165, 1.54) is 259 Å². The summed E-state index contributed by atoms with van der Waals surface area (Å²) in [4.78, 5) is 0. The topological polar surface area (TPSA) is 88.5 Å². The maximum atomic E-state index is 6.08. The molecule has 2 fully saturated rings. The number of halogens is 2. The standard InChI is InChI=1S/C35H52B2O4.C35H44N2S.C6H2Br2N2S.3CH4/c1-3-5-7-9-11-13-21-35(22-14-12-10-8-6-4-2)33-27-29(36-38-23-15-24-39-36)17-19-31(33)32-20-18-30(28-34(32)35)37-40-25-16-26-41-37;1-3-5-7-9-11-15-24-35(25-16-12-10-8-6-4-2)31-20-14-13-18-29(31)30-23-22-27(26-32(30)35)28-19-17-21-33-34(28)37-38-36-33;7-3-1-2-4(8)6-5(3)9-11-10-6;;;/h17-20,27-28H,3-16,21-26H2,1-2H3;13-14,17-23,26H,3-12,15-16,24-25H2,1-2H3;1-2H;3*1H4. The minimum Gasteiger partial charge on any atom is -0.407 e. The van der Waals surface area contributed by atoms with Gasteiger partial charge in [-0.05, 0) is 156 Å². The molecule has 4 aliphatic rings. The molecule has 8 nitrogen and oxygen atoms in total. The molecule has 0 atom stereocenters. The van der Waals surface area contributed by atoms with Crippen molar-refractivity contribution in [3.63, 3.8) is 0 Å². The van der Waals surface area contributed by atoms with Crippen LogP contribution in [-0.4, -0.2) is 58.2 Å². The van der Waals surface area contributed by atoms with E-state index in [1.807, 2.05) is 12.1 Å². The highest BCUT2D eigenvalue weighted by Gasteiger charge is 2.45. The molecule has 0 unspecified atom stereocenters. The van der Waals surface area contributed by atoms with E-state index in [-0.39, 0.29) is 47.3 Å². The summed E-state index contributed by atoms with van der Waals surface area (Å²) in [6, 6.07) is 40.9. The average Bonchev–Trinajstić information content (AvgIpc) is 1.58. The largest absolute Gasteiger partial charge is 0.493 e. The average molecular weight is 1430 g/mol. The lowest BCUT2D eigenvalue weighted by molar-refractivity contribution is 0.143. The molecule has 2 aliphatic heterocycles. The molecule has 0 bridgehead atoms. The van der Waals surface area contributed by atoms with Crippen molar-refractivity contribution in [1.82, 2.24) is 17.5 Å². The van der Waals surface area contributed by atoms with Gasteiger partial charge in [0.15, 0.2) is 0 Å². The van der Waals surface area contributed by atoms with E-state index >= 15 is 0 Å². The van der Waals surface area contributed by atoms with Crippen LogP contribution in [0.15, 0.2) is 118 Å². The van der Waals surface area contributed by atoms with Crippen LogP contribution >= 0.6 is 55.3 Å². The van der Waals surface area contributed by atoms with Crippen LogP contribution in [-0.2, 0) is 29.4 Å². The van der Waals surface area contributed by atoms with Gasteiger partial charge in [0.2, 0.25) is 0 Å². The van der Waals surface area contributed by atoms with Crippen molar-refractivity contribution >= 4 is 103 Å². The van der Waals surface area contributed by atoms with Crippen LogP contribution in [0, 0.1) is 0 Å². The number of unbranched alkanes of at least 4 members (excludes halogenated alkanes) is 20. The molecule has 93 heavy (non-hydrogen) atoms. The Morgan fingerprint density at radius 1 is 0.366 bits per heavy atom. The zero-order valence-corrected chi connectivity index (χ0v) is 59.4. The normalized spacial score (nSPS) is 14.8. The van der Waals surface area contributed by atoms with Gasteiger partial charge in [0, 0.05) is 51.8 Å². The van der Waals surface area contributed by atoms with Gasteiger partial charge in [-0.1, -0.05) is 289 Å². The van der Waals surface area contributed by atoms with Gasteiger partial charge in [-0.2, -0.15) is 17.5 Å². The number of fused-ring (bicyclic) bond motifs is 8. The third-order valence-corrected chi connectivity index (χ3v) is 22.0. The second-order valence-corrected chi connectivity index (χ2v) is 28.7. The van der Waals surface area contributed by atoms with E-state index in [4.69, 9.17) is 18.6 Å². The second kappa shape index (κ2) is 39.3. The van der Waals surface area contributed by atoms with Crippen LogP contribution in [0.2, 0.25) is 0 Å². The van der Waals surface area contributed by atoms with Gasteiger partial charge >= 0.3 is 14.2 Å². The zero-order chi connectivity index (χ0) is 62.4. The summed E-state index contributed by atoms with van der Waals surface area (Å²) >= 11 is 9.32. The maximum Gasteiger partial charge on any atom is 0.493 e. The fourth-order valence-corrected chi connectivity index (χ4v) is 17.0. The molecule has 0 saturated carbocycles. The summed E-state index contributed by atoms with van der Waals surface area (Å²) < 4.78 is 43.8. The SMILES string of the molecule is Brc1ccc(Br)c2nsnc12.C.C.C.CCCCCCCCC1(CCCCCCCC)c2cc(B3OCCCO3)ccc2-c2ccc(B3OCCCO3)cc21.CCCCCCCCC1(CCCCCCCC)c2ccccc2-c2ccc(-c3cccc4nsnc34)cc21. The van der Waals surface area contributed by atoms with Crippen molar-refractivity contribution in [2.24, 2.45) is 0 Å². The van der Waals surface area contributed by atoms with E-state index in [0.29, 0.717) is 0 Å². The van der Waals surface area contributed by atoms with Crippen molar-refractivity contribution < 1.29 is 18.6 Å². The van der Waals surface area contributed by atoms with E-state index in [1.54, 1.807) is 11.1 Å². The van der Waals surface area contributed by atoms with Gasteiger partial charge in [-0.3, -0.25) is 0 Å². The summed E-state index contributed by atoms with van der Waals surface area (Å²) in [5.74, 6) is 0. The molecule has 14 heteroatoms. The fourth-order valence-electron chi connectivity index (χ4n) is 14.8. The Labute approximate surface area is 587 Å². The number of benzene rings is 6. The van der Waals surface area contributed by atoms with Crippen LogP contribution in [0.1, 0.15) is 265 Å². The third kappa shape index (κ3) is 19.0. The Hall–Kier alpha value is -4.11. The minimum atomic E-state index is -0.252. The molecule has 0 radical (unpaired) electrons. The van der Waals surface area contributed by atoms with E-state index in [9.17, 15) is 0 Å². The highest BCUT2D eigenvalue weighted by atomic mass is 79.9. The molecule has 0 N–H and O–H groups in total. The van der Waals surface area contributed by atoms with Crippen LogP contribution in [0.4, 0.5) is 0 Å². The van der Waals surface area contributed by atoms with Crippen LogP contribution in [0.25, 0.3) is 55.4 Å². The lowest BCUT2D eigenvalue weighted by Crippen LogP contribution is -2.42. The molecule has 0 amide bonds. The highest BCUT2D eigenvalue weighted by Crippen LogP contribution is 2.56. The van der Waals surface area contributed by atoms with Crippen molar-refractivity contribution in [3.05, 3.63) is 140 Å². The molecule has 2 aliphatic carbocycles. The summed E-state index contributed by atoms with van der Waals surface area (Å²) in [6.07, 6.45) is 38.9. The Kier molecular flexibility index (Phi) is 32.3. The van der Waals surface area contributed by atoms with Gasteiger partial charge in [0.25, 0.3) is 0 Å². The lowest BCUT2D eigenvalue weighted by Gasteiger charge is -2.34. The van der Waals surface area contributed by atoms with Crippen LogP contribution < -0.4 is 10.9 Å². The van der Waals surface area contributed by atoms with Gasteiger partial charge < -0.3 is 18.6 Å². The highest BCUT2D eigenvalue weighted by molar-refractivity contribution is 9.11. The van der Waals surface area contributed by atoms with E-state index in [0.717, 1.165) is 70.3 Å². The van der Waals surface area contributed by atoms with Crippen molar-refractivity contribution in [2.75, 3.05) is 26.4 Å². The molecule has 2 saturated heterocycles. The summed E-state index contributed by atoms with van der Waals surface area (Å²) in [5.41, 5.74) is 20.7. The monoisotopic (exact) mass is 1420 g/mol. The second-order valence-electron chi connectivity index (χ2n) is 25.9. The van der Waals surface area contributed by atoms with Crippen molar-refractivity contribution in [3.8, 4) is 33.4 Å². The summed E-state index contributed by atoms with van der Waals surface area (Å²) in [5, 5.41) is 0. The van der Waals surface area contributed by atoms with E-state index in [2.05, 4.69) is 174 Å². The molecule has 502 valence electrons. The summed E-state index contributed by atoms with van der Waals surface area (Å²) in [6.45, 7) is 12.3. The predicted octanol–water partition coefficient (Wildman–Crippen LogP) is 24.0. The van der Waals surface area contributed by atoms with Crippen molar-refractivity contribution in [1.29, 1.82) is 0 Å².